The van der Waals surface area contributed by atoms with Crippen molar-refractivity contribution < 1.29 is 38.2 Å². The van der Waals surface area contributed by atoms with E-state index in [4.69, 9.17) is 37.1 Å². The molecule has 1 saturated carbocycles. The maximum Gasteiger partial charge on any atom is 0.254 e. The van der Waals surface area contributed by atoms with Gasteiger partial charge in [-0.25, -0.2) is 0 Å². The minimum atomic E-state index is -1.97. The van der Waals surface area contributed by atoms with E-state index in [1.165, 1.54) is 4.90 Å². The summed E-state index contributed by atoms with van der Waals surface area (Å²) in [6, 6.07) is 15.7. The zero-order valence-corrected chi connectivity index (χ0v) is 29.5. The Hall–Kier alpha value is -3.90. The zero-order valence-electron chi connectivity index (χ0n) is 26.4. The number of alkyl halides is 3. The standard InChI is InChI=1S/C36H31BrCl2N2O8/c1-47-22-9-13-27(48-2)20(15-22)6-3-19-4-7-21(8-5-19)41-31(43)25-12-11-24-26(29(25)32(41)44)16-35(38)33(45)40(18-37)34(46)36(35,39)30(24)28-14-10-23(17-42)49-28/h3-11,13-15,25-26,29-30,42H,12,16-18H2,1-2H3. The lowest BCUT2D eigenvalue weighted by atomic mass is 9.57. The number of halogens is 3. The second kappa shape index (κ2) is 12.5. The van der Waals surface area contributed by atoms with Crippen LogP contribution in [0.2, 0.25) is 0 Å². The van der Waals surface area contributed by atoms with Crippen LogP contribution in [0.3, 0.4) is 0 Å². The lowest BCUT2D eigenvalue weighted by molar-refractivity contribution is -0.138. The van der Waals surface area contributed by atoms with Gasteiger partial charge in [0, 0.05) is 5.56 Å². The van der Waals surface area contributed by atoms with Crippen molar-refractivity contribution in [2.24, 2.45) is 17.8 Å². The van der Waals surface area contributed by atoms with Crippen molar-refractivity contribution in [3.8, 4) is 11.5 Å². The fourth-order valence-electron chi connectivity index (χ4n) is 7.84. The lowest BCUT2D eigenvalue weighted by Gasteiger charge is -2.49. The SMILES string of the molecule is COc1ccc(OC)c(C=Cc2ccc(N3C(=O)C4CC=C5C(CC6(Cl)C(=O)N(CBr)C(=O)C6(Cl)C5c5ccc(CO)o5)C4C3=O)cc2)c1. The quantitative estimate of drug-likeness (QED) is 0.0991. The van der Waals surface area contributed by atoms with Gasteiger partial charge in [0.1, 0.15) is 29.6 Å². The van der Waals surface area contributed by atoms with Gasteiger partial charge in [-0.3, -0.25) is 29.0 Å². The molecule has 6 atom stereocenters. The third-order valence-electron chi connectivity index (χ3n) is 10.2. The number of nitrogens with zero attached hydrogens (tertiary/aromatic N) is 2. The molecule has 10 nitrogen and oxygen atoms in total. The molecule has 7 rings (SSSR count). The normalized spacial score (nSPS) is 29.3. The van der Waals surface area contributed by atoms with Gasteiger partial charge in [0.05, 0.1) is 43.1 Å². The van der Waals surface area contributed by atoms with Gasteiger partial charge < -0.3 is 19.0 Å². The predicted molar refractivity (Wildman–Crippen MR) is 185 cm³/mol. The second-order valence-corrected chi connectivity index (χ2v) is 14.2. The molecule has 4 amide bonds. The van der Waals surface area contributed by atoms with Crippen LogP contribution in [0.1, 0.15) is 41.4 Å². The Kier molecular flexibility index (Phi) is 8.54. The first kappa shape index (κ1) is 33.6. The van der Waals surface area contributed by atoms with Crippen LogP contribution in [0, 0.1) is 17.8 Å². The van der Waals surface area contributed by atoms with Crippen LogP contribution in [-0.4, -0.2) is 63.1 Å². The summed E-state index contributed by atoms with van der Waals surface area (Å²) in [5.41, 5.74) is 2.54. The summed E-state index contributed by atoms with van der Waals surface area (Å²) in [6.07, 6.45) is 5.70. The molecule has 2 aromatic carbocycles. The number of hydrogen-bond donors (Lipinski definition) is 1. The minimum absolute atomic E-state index is 0.125. The maximum absolute atomic E-state index is 14.3. The van der Waals surface area contributed by atoms with Crippen LogP contribution in [0.5, 0.6) is 11.5 Å². The molecule has 49 heavy (non-hydrogen) atoms. The Balaban J connectivity index is 1.22. The third-order valence-corrected chi connectivity index (χ3v) is 12.1. The molecule has 4 aliphatic rings. The Morgan fingerprint density at radius 1 is 0.959 bits per heavy atom. The number of hydrogen-bond acceptors (Lipinski definition) is 8. The molecule has 3 fully saturated rings. The summed E-state index contributed by atoms with van der Waals surface area (Å²) in [5, 5.41) is 9.72. The number of amides is 4. The average Bonchev–Trinajstić information content (AvgIpc) is 3.73. The summed E-state index contributed by atoms with van der Waals surface area (Å²) < 4.78 is 16.7. The first-order valence-electron chi connectivity index (χ1n) is 15.6. The molecule has 3 aromatic rings. The highest BCUT2D eigenvalue weighted by atomic mass is 79.9. The number of allylic oxidation sites excluding steroid dienone is 2. The molecule has 1 N–H and O–H groups in total. The summed E-state index contributed by atoms with van der Waals surface area (Å²) in [5.74, 6) is -3.57. The second-order valence-electron chi connectivity index (χ2n) is 12.5. The molecule has 0 bridgehead atoms. The average molecular weight is 770 g/mol. The van der Waals surface area contributed by atoms with Gasteiger partial charge in [0.2, 0.25) is 11.8 Å². The van der Waals surface area contributed by atoms with Crippen LogP contribution >= 0.6 is 39.1 Å². The predicted octanol–water partition coefficient (Wildman–Crippen LogP) is 5.88. The number of aliphatic hydroxyl groups is 1. The smallest absolute Gasteiger partial charge is 0.254 e. The molecule has 2 aliphatic carbocycles. The zero-order chi connectivity index (χ0) is 34.8. The molecule has 2 saturated heterocycles. The number of benzene rings is 2. The highest BCUT2D eigenvalue weighted by Gasteiger charge is 2.76. The van der Waals surface area contributed by atoms with E-state index in [1.807, 2.05) is 48.6 Å². The van der Waals surface area contributed by atoms with Crippen molar-refractivity contribution in [1.82, 2.24) is 4.90 Å². The van der Waals surface area contributed by atoms with E-state index in [9.17, 15) is 24.3 Å². The van der Waals surface area contributed by atoms with Gasteiger partial charge in [-0.05, 0) is 66.8 Å². The third kappa shape index (κ3) is 4.92. The Labute approximate surface area is 300 Å². The minimum Gasteiger partial charge on any atom is -0.497 e. The van der Waals surface area contributed by atoms with Gasteiger partial charge in [-0.15, -0.1) is 23.2 Å². The van der Waals surface area contributed by atoms with E-state index in [0.717, 1.165) is 16.0 Å². The highest BCUT2D eigenvalue weighted by molar-refractivity contribution is 9.09. The molecule has 1 aromatic heterocycles. The van der Waals surface area contributed by atoms with Gasteiger partial charge >= 0.3 is 0 Å². The topological polar surface area (TPSA) is 127 Å². The monoisotopic (exact) mass is 768 g/mol. The summed E-state index contributed by atoms with van der Waals surface area (Å²) in [7, 11) is 3.18. The van der Waals surface area contributed by atoms with Crippen LogP contribution in [-0.2, 0) is 25.8 Å². The van der Waals surface area contributed by atoms with Crippen molar-refractivity contribution in [1.29, 1.82) is 0 Å². The van der Waals surface area contributed by atoms with Crippen LogP contribution in [0.15, 0.2) is 70.7 Å². The number of carbonyl (C=O) groups excluding carboxylic acids is 4. The van der Waals surface area contributed by atoms with E-state index >= 15 is 0 Å². The van der Waals surface area contributed by atoms with Crippen LogP contribution in [0.4, 0.5) is 5.69 Å². The van der Waals surface area contributed by atoms with Crippen molar-refractivity contribution in [2.45, 2.75) is 35.1 Å². The number of carbonyl (C=O) groups is 4. The molecular weight excluding hydrogens is 739 g/mol. The van der Waals surface area contributed by atoms with Gasteiger partial charge in [0.15, 0.2) is 9.75 Å². The molecule has 0 radical (unpaired) electrons. The van der Waals surface area contributed by atoms with Gasteiger partial charge in [-0.2, -0.15) is 0 Å². The van der Waals surface area contributed by atoms with Crippen molar-refractivity contribution in [3.05, 3.63) is 88.9 Å². The molecule has 3 heterocycles. The van der Waals surface area contributed by atoms with Gasteiger partial charge in [-0.1, -0.05) is 51.9 Å². The van der Waals surface area contributed by atoms with E-state index in [1.54, 1.807) is 38.5 Å². The van der Waals surface area contributed by atoms with Crippen LogP contribution in [0.25, 0.3) is 12.2 Å². The summed E-state index contributed by atoms with van der Waals surface area (Å²) >= 11 is 17.6. The molecule has 13 heteroatoms. The number of aliphatic hydroxyl groups excluding tert-OH is 1. The number of ether oxygens (including phenoxy) is 2. The van der Waals surface area contributed by atoms with E-state index in [-0.39, 0.29) is 35.7 Å². The Morgan fingerprint density at radius 3 is 2.37 bits per heavy atom. The number of likely N-dealkylation sites (tertiary alicyclic amines) is 1. The number of imide groups is 2. The first-order valence-corrected chi connectivity index (χ1v) is 17.5. The van der Waals surface area contributed by atoms with E-state index < -0.39 is 57.7 Å². The van der Waals surface area contributed by atoms with E-state index in [2.05, 4.69) is 15.9 Å². The number of fused-ring (bicyclic) bond motifs is 4. The maximum atomic E-state index is 14.3. The Morgan fingerprint density at radius 2 is 1.71 bits per heavy atom. The molecule has 6 unspecified atom stereocenters. The number of anilines is 1. The molecular formula is C36H31BrCl2N2O8. The fraction of sp³-hybridized carbons (Fsp3) is 0.333. The lowest BCUT2D eigenvalue weighted by Crippen LogP contribution is -2.60. The van der Waals surface area contributed by atoms with Gasteiger partial charge in [0.25, 0.3) is 11.8 Å². The molecule has 0 spiro atoms. The van der Waals surface area contributed by atoms with Crippen LogP contribution < -0.4 is 14.4 Å². The first-order chi connectivity index (χ1) is 23.5. The largest absolute Gasteiger partial charge is 0.497 e. The summed E-state index contributed by atoms with van der Waals surface area (Å²) in [6.45, 7) is -0.396. The number of rotatable bonds is 8. The molecule has 2 aliphatic heterocycles. The Bertz CT molecular complexity index is 1940. The number of methoxy groups -OCH3 is 2. The summed E-state index contributed by atoms with van der Waals surface area (Å²) in [4.78, 5) is 54.1. The fourth-order valence-corrected chi connectivity index (χ4v) is 9.25. The van der Waals surface area contributed by atoms with Crippen molar-refractivity contribution in [3.63, 3.8) is 0 Å². The number of furan rings is 1. The molecule has 254 valence electrons. The van der Waals surface area contributed by atoms with Crippen molar-refractivity contribution in [2.75, 3.05) is 24.6 Å². The highest BCUT2D eigenvalue weighted by Crippen LogP contribution is 2.65. The van der Waals surface area contributed by atoms with Crippen molar-refractivity contribution >= 4 is 80.6 Å². The van der Waals surface area contributed by atoms with E-state index in [0.29, 0.717) is 22.8 Å².